The summed E-state index contributed by atoms with van der Waals surface area (Å²) in [4.78, 5) is 33.2. The van der Waals surface area contributed by atoms with Crippen LogP contribution in [0.2, 0.25) is 5.02 Å². The Morgan fingerprint density at radius 2 is 1.85 bits per heavy atom. The SMILES string of the molecule is Cc1ccc(-c2nc(C)c(C(=O)N3CCC(C(C)C(=O)NCc4cccc(Cl)c4)CC3)s2)cc1. The Morgan fingerprint density at radius 3 is 2.53 bits per heavy atom. The summed E-state index contributed by atoms with van der Waals surface area (Å²) >= 11 is 7.49. The quantitative estimate of drug-likeness (QED) is 0.464. The second kappa shape index (κ2) is 10.7. The van der Waals surface area contributed by atoms with Gasteiger partial charge in [0.1, 0.15) is 9.88 Å². The fraction of sp³-hybridized carbons (Fsp3) is 0.370. The molecule has 2 aromatic carbocycles. The zero-order chi connectivity index (χ0) is 24.2. The summed E-state index contributed by atoms with van der Waals surface area (Å²) in [5.74, 6) is 0.250. The first-order valence-corrected chi connectivity index (χ1v) is 12.9. The van der Waals surface area contributed by atoms with Crippen molar-refractivity contribution in [1.82, 2.24) is 15.2 Å². The normalized spacial score (nSPS) is 15.2. The van der Waals surface area contributed by atoms with Crippen molar-refractivity contribution in [2.24, 2.45) is 11.8 Å². The van der Waals surface area contributed by atoms with E-state index in [4.69, 9.17) is 11.6 Å². The lowest BCUT2D eigenvalue weighted by molar-refractivity contribution is -0.126. The molecule has 0 aliphatic carbocycles. The Kier molecular flexibility index (Phi) is 7.69. The van der Waals surface area contributed by atoms with Crippen LogP contribution in [0.15, 0.2) is 48.5 Å². The number of aryl methyl sites for hydroxylation is 2. The van der Waals surface area contributed by atoms with Gasteiger partial charge in [0.15, 0.2) is 0 Å². The lowest BCUT2D eigenvalue weighted by Crippen LogP contribution is -2.42. The molecule has 5 nitrogen and oxygen atoms in total. The number of nitrogens with one attached hydrogen (secondary N) is 1. The zero-order valence-electron chi connectivity index (χ0n) is 19.8. The number of thiazole rings is 1. The second-order valence-electron chi connectivity index (χ2n) is 9.07. The van der Waals surface area contributed by atoms with Gasteiger partial charge in [-0.25, -0.2) is 4.98 Å². The highest BCUT2D eigenvalue weighted by Crippen LogP contribution is 2.31. The maximum atomic E-state index is 13.2. The smallest absolute Gasteiger partial charge is 0.265 e. The maximum absolute atomic E-state index is 13.2. The summed E-state index contributed by atoms with van der Waals surface area (Å²) in [5.41, 5.74) is 4.00. The Labute approximate surface area is 210 Å². The molecule has 3 aromatic rings. The number of hydrogen-bond donors (Lipinski definition) is 1. The molecule has 2 heterocycles. The van der Waals surface area contributed by atoms with Gasteiger partial charge in [0.25, 0.3) is 5.91 Å². The predicted octanol–water partition coefficient (Wildman–Crippen LogP) is 5.89. The van der Waals surface area contributed by atoms with Gasteiger partial charge in [-0.15, -0.1) is 11.3 Å². The molecule has 1 saturated heterocycles. The van der Waals surface area contributed by atoms with E-state index in [0.29, 0.717) is 29.5 Å². The van der Waals surface area contributed by atoms with Crippen molar-refractivity contribution in [3.8, 4) is 10.6 Å². The Balaban J connectivity index is 1.32. The molecule has 0 bridgehead atoms. The van der Waals surface area contributed by atoms with Gasteiger partial charge >= 0.3 is 0 Å². The average Bonchev–Trinajstić information content (AvgIpc) is 3.23. The number of likely N-dealkylation sites (tertiary alicyclic amines) is 1. The van der Waals surface area contributed by atoms with Crippen LogP contribution in [0.1, 0.15) is 46.3 Å². The summed E-state index contributed by atoms with van der Waals surface area (Å²) in [7, 11) is 0. The van der Waals surface area contributed by atoms with Crippen molar-refractivity contribution in [2.45, 2.75) is 40.2 Å². The molecule has 34 heavy (non-hydrogen) atoms. The van der Waals surface area contributed by atoms with Crippen molar-refractivity contribution >= 4 is 34.8 Å². The lowest BCUT2D eigenvalue weighted by atomic mass is 9.84. The van der Waals surface area contributed by atoms with Gasteiger partial charge in [0.05, 0.1) is 5.69 Å². The first kappa shape index (κ1) is 24.4. The van der Waals surface area contributed by atoms with Gasteiger partial charge in [-0.2, -0.15) is 0 Å². The van der Waals surface area contributed by atoms with Gasteiger partial charge in [0, 0.05) is 36.1 Å². The van der Waals surface area contributed by atoms with Crippen LogP contribution in [0.3, 0.4) is 0 Å². The summed E-state index contributed by atoms with van der Waals surface area (Å²) in [6.07, 6.45) is 1.64. The molecule has 1 aromatic heterocycles. The van der Waals surface area contributed by atoms with Crippen LogP contribution in [0.5, 0.6) is 0 Å². The molecule has 1 fully saturated rings. The fourth-order valence-corrected chi connectivity index (χ4v) is 5.62. The van der Waals surface area contributed by atoms with E-state index in [0.717, 1.165) is 34.7 Å². The fourth-order valence-electron chi connectivity index (χ4n) is 4.37. The predicted molar refractivity (Wildman–Crippen MR) is 138 cm³/mol. The highest BCUT2D eigenvalue weighted by molar-refractivity contribution is 7.17. The monoisotopic (exact) mass is 495 g/mol. The highest BCUT2D eigenvalue weighted by Gasteiger charge is 2.31. The molecule has 1 aliphatic heterocycles. The molecule has 1 aliphatic rings. The molecule has 4 rings (SSSR count). The summed E-state index contributed by atoms with van der Waals surface area (Å²) < 4.78 is 0. The molecule has 178 valence electrons. The minimum Gasteiger partial charge on any atom is -0.352 e. The molecule has 1 unspecified atom stereocenters. The first-order valence-electron chi connectivity index (χ1n) is 11.7. The first-order chi connectivity index (χ1) is 16.3. The van der Waals surface area contributed by atoms with Gasteiger partial charge in [-0.3, -0.25) is 9.59 Å². The van der Waals surface area contributed by atoms with Gasteiger partial charge in [0.2, 0.25) is 5.91 Å². The molecule has 0 radical (unpaired) electrons. The third kappa shape index (κ3) is 5.68. The number of nitrogens with zero attached hydrogens (tertiary/aromatic N) is 2. The van der Waals surface area contributed by atoms with Crippen LogP contribution in [0.4, 0.5) is 0 Å². The van der Waals surface area contributed by atoms with E-state index in [1.54, 1.807) is 0 Å². The third-order valence-corrected chi connectivity index (χ3v) is 8.02. The number of carbonyl (C=O) groups is 2. The Hall–Kier alpha value is -2.70. The van der Waals surface area contributed by atoms with E-state index in [1.165, 1.54) is 16.9 Å². The number of rotatable bonds is 6. The number of benzene rings is 2. The van der Waals surface area contributed by atoms with Crippen LogP contribution >= 0.6 is 22.9 Å². The van der Waals surface area contributed by atoms with Gasteiger partial charge < -0.3 is 10.2 Å². The van der Waals surface area contributed by atoms with Gasteiger partial charge in [-0.05, 0) is 50.3 Å². The maximum Gasteiger partial charge on any atom is 0.265 e. The Bertz CT molecular complexity index is 1170. The molecule has 2 amide bonds. The number of halogens is 1. The van der Waals surface area contributed by atoms with Crippen LogP contribution < -0.4 is 5.32 Å². The standard InChI is InChI=1S/C27H30ClN3O2S/c1-17-7-9-22(10-8-17)26-30-19(3)24(34-26)27(33)31-13-11-21(12-14-31)18(2)25(32)29-16-20-5-4-6-23(28)15-20/h4-10,15,18,21H,11-14,16H2,1-3H3,(H,29,32). The summed E-state index contributed by atoms with van der Waals surface area (Å²) in [5, 5.41) is 4.57. The molecule has 0 spiro atoms. The van der Waals surface area contributed by atoms with E-state index < -0.39 is 0 Å². The van der Waals surface area contributed by atoms with Crippen LogP contribution in [-0.4, -0.2) is 34.8 Å². The van der Waals surface area contributed by atoms with Crippen LogP contribution in [0.25, 0.3) is 10.6 Å². The second-order valence-corrected chi connectivity index (χ2v) is 10.5. The number of aromatic nitrogens is 1. The molecule has 0 saturated carbocycles. The Morgan fingerprint density at radius 1 is 1.15 bits per heavy atom. The lowest BCUT2D eigenvalue weighted by Gasteiger charge is -2.34. The molecular weight excluding hydrogens is 466 g/mol. The van der Waals surface area contributed by atoms with Crippen molar-refractivity contribution in [3.63, 3.8) is 0 Å². The average molecular weight is 496 g/mol. The van der Waals surface area contributed by atoms with Crippen LogP contribution in [0, 0.1) is 25.7 Å². The van der Waals surface area contributed by atoms with Gasteiger partial charge in [-0.1, -0.05) is 60.5 Å². The third-order valence-electron chi connectivity index (χ3n) is 6.59. The number of hydrogen-bond acceptors (Lipinski definition) is 4. The minimum atomic E-state index is -0.102. The van der Waals surface area contributed by atoms with Crippen molar-refractivity contribution in [3.05, 3.63) is 75.3 Å². The molecular formula is C27H30ClN3O2S. The number of amides is 2. The number of piperidine rings is 1. The van der Waals surface area contributed by atoms with E-state index in [-0.39, 0.29) is 23.7 Å². The summed E-state index contributed by atoms with van der Waals surface area (Å²) in [6, 6.07) is 15.7. The van der Waals surface area contributed by atoms with Crippen LogP contribution in [-0.2, 0) is 11.3 Å². The molecule has 1 atom stereocenters. The largest absolute Gasteiger partial charge is 0.352 e. The number of carbonyl (C=O) groups excluding carboxylic acids is 2. The van der Waals surface area contributed by atoms with E-state index in [2.05, 4.69) is 29.4 Å². The minimum absolute atomic E-state index is 0.0462. The van der Waals surface area contributed by atoms with Crippen molar-refractivity contribution in [2.75, 3.05) is 13.1 Å². The van der Waals surface area contributed by atoms with Crippen molar-refractivity contribution in [1.29, 1.82) is 0 Å². The van der Waals surface area contributed by atoms with Crippen molar-refractivity contribution < 1.29 is 9.59 Å². The molecule has 7 heteroatoms. The molecule has 1 N–H and O–H groups in total. The topological polar surface area (TPSA) is 62.3 Å². The van der Waals surface area contributed by atoms with E-state index in [9.17, 15) is 9.59 Å². The summed E-state index contributed by atoms with van der Waals surface area (Å²) in [6.45, 7) is 7.73. The van der Waals surface area contributed by atoms with E-state index >= 15 is 0 Å². The zero-order valence-corrected chi connectivity index (χ0v) is 21.4. The highest BCUT2D eigenvalue weighted by atomic mass is 35.5. The van der Waals surface area contributed by atoms with E-state index in [1.807, 2.05) is 55.1 Å².